The van der Waals surface area contributed by atoms with Crippen molar-refractivity contribution in [2.24, 2.45) is 7.05 Å². The SMILES string of the molecule is Cn1cnc(=O)c(Br)c1Cl. The Bertz CT molecular complexity index is 309. The van der Waals surface area contributed by atoms with E-state index >= 15 is 0 Å². The summed E-state index contributed by atoms with van der Waals surface area (Å²) in [6.45, 7) is 0. The molecule has 1 aromatic rings. The quantitative estimate of drug-likeness (QED) is 0.620. The number of hydrogen-bond donors (Lipinski definition) is 0. The summed E-state index contributed by atoms with van der Waals surface area (Å²) >= 11 is 8.66. The van der Waals surface area contributed by atoms with E-state index in [4.69, 9.17) is 11.6 Å². The van der Waals surface area contributed by atoms with Gasteiger partial charge in [0.05, 0.1) is 6.33 Å². The number of rotatable bonds is 0. The molecule has 0 fully saturated rings. The largest absolute Gasteiger partial charge is 0.325 e. The molecule has 1 rings (SSSR count). The topological polar surface area (TPSA) is 34.9 Å². The van der Waals surface area contributed by atoms with Crippen molar-refractivity contribution in [1.82, 2.24) is 9.55 Å². The van der Waals surface area contributed by atoms with E-state index in [-0.39, 0.29) is 5.56 Å². The Hall–Kier alpha value is -0.350. The summed E-state index contributed by atoms with van der Waals surface area (Å²) in [6.07, 6.45) is 1.37. The standard InChI is InChI=1S/C5H4BrClN2O/c1-9-2-8-5(10)3(6)4(9)7/h2H,1H3. The summed E-state index contributed by atoms with van der Waals surface area (Å²) in [5, 5.41) is 0.361. The van der Waals surface area contributed by atoms with Crippen LogP contribution in [0.3, 0.4) is 0 Å². The number of halogens is 2. The molecule has 0 aliphatic carbocycles. The fraction of sp³-hybridized carbons (Fsp3) is 0.200. The molecule has 5 heteroatoms. The maximum absolute atomic E-state index is 10.7. The van der Waals surface area contributed by atoms with Crippen molar-refractivity contribution in [3.63, 3.8) is 0 Å². The van der Waals surface area contributed by atoms with Gasteiger partial charge in [-0.25, -0.2) is 0 Å². The maximum atomic E-state index is 10.7. The van der Waals surface area contributed by atoms with E-state index in [0.717, 1.165) is 0 Å². The van der Waals surface area contributed by atoms with E-state index in [1.165, 1.54) is 6.33 Å². The molecule has 0 unspecified atom stereocenters. The molecule has 0 saturated carbocycles. The monoisotopic (exact) mass is 222 g/mol. The third-order valence-electron chi connectivity index (χ3n) is 1.03. The predicted molar refractivity (Wildman–Crippen MR) is 42.2 cm³/mol. The van der Waals surface area contributed by atoms with E-state index in [1.807, 2.05) is 0 Å². The highest BCUT2D eigenvalue weighted by Gasteiger charge is 2.02. The van der Waals surface area contributed by atoms with Crippen LogP contribution >= 0.6 is 27.5 Å². The summed E-state index contributed by atoms with van der Waals surface area (Å²) in [7, 11) is 1.71. The van der Waals surface area contributed by atoms with Crippen molar-refractivity contribution in [3.8, 4) is 0 Å². The Morgan fingerprint density at radius 3 is 2.90 bits per heavy atom. The van der Waals surface area contributed by atoms with Gasteiger partial charge in [-0.05, 0) is 15.9 Å². The number of hydrogen-bond acceptors (Lipinski definition) is 2. The van der Waals surface area contributed by atoms with Crippen molar-refractivity contribution in [2.45, 2.75) is 0 Å². The second-order valence-corrected chi connectivity index (χ2v) is 2.92. The van der Waals surface area contributed by atoms with E-state index in [9.17, 15) is 4.79 Å². The van der Waals surface area contributed by atoms with E-state index in [0.29, 0.717) is 9.63 Å². The van der Waals surface area contributed by atoms with Gasteiger partial charge in [0.2, 0.25) is 0 Å². The second-order valence-electron chi connectivity index (χ2n) is 1.77. The van der Waals surface area contributed by atoms with Crippen LogP contribution in [0, 0.1) is 0 Å². The molecule has 3 nitrogen and oxygen atoms in total. The normalized spacial score (nSPS) is 9.90. The van der Waals surface area contributed by atoms with Crippen LogP contribution in [0.4, 0.5) is 0 Å². The average Bonchev–Trinajstić information content (AvgIpc) is 1.93. The van der Waals surface area contributed by atoms with Gasteiger partial charge in [0.25, 0.3) is 5.56 Å². The Balaban J connectivity index is 3.49. The molecule has 0 radical (unpaired) electrons. The maximum Gasteiger partial charge on any atom is 0.288 e. The van der Waals surface area contributed by atoms with Gasteiger partial charge < -0.3 is 4.57 Å². The Labute approximate surface area is 70.8 Å². The lowest BCUT2D eigenvalue weighted by Gasteiger charge is -1.99. The lowest BCUT2D eigenvalue weighted by Crippen LogP contribution is -2.10. The van der Waals surface area contributed by atoms with E-state index in [2.05, 4.69) is 20.9 Å². The lowest BCUT2D eigenvalue weighted by molar-refractivity contribution is 0.846. The lowest BCUT2D eigenvalue weighted by atomic mass is 10.6. The minimum atomic E-state index is -0.344. The first-order valence-electron chi connectivity index (χ1n) is 2.49. The van der Waals surface area contributed by atoms with Crippen LogP contribution in [0.2, 0.25) is 5.15 Å². The first-order valence-corrected chi connectivity index (χ1v) is 3.66. The highest BCUT2D eigenvalue weighted by molar-refractivity contribution is 9.10. The fourth-order valence-electron chi connectivity index (χ4n) is 0.489. The van der Waals surface area contributed by atoms with E-state index in [1.54, 1.807) is 11.6 Å². The Morgan fingerprint density at radius 2 is 2.40 bits per heavy atom. The van der Waals surface area contributed by atoms with Gasteiger partial charge in [-0.15, -0.1) is 0 Å². The zero-order chi connectivity index (χ0) is 7.72. The molecular formula is C5H4BrClN2O. The van der Waals surface area contributed by atoms with Gasteiger partial charge in [0, 0.05) is 7.05 Å². The van der Waals surface area contributed by atoms with Gasteiger partial charge in [-0.1, -0.05) is 11.6 Å². The summed E-state index contributed by atoms with van der Waals surface area (Å²) in [6, 6.07) is 0. The molecule has 0 aliphatic rings. The minimum Gasteiger partial charge on any atom is -0.325 e. The number of aryl methyl sites for hydroxylation is 1. The molecule has 0 aliphatic heterocycles. The van der Waals surface area contributed by atoms with Crippen LogP contribution in [-0.4, -0.2) is 9.55 Å². The highest BCUT2D eigenvalue weighted by Crippen LogP contribution is 2.14. The summed E-state index contributed by atoms with van der Waals surface area (Å²) in [5.41, 5.74) is -0.344. The van der Waals surface area contributed by atoms with Crippen LogP contribution in [0.15, 0.2) is 15.6 Å². The first-order chi connectivity index (χ1) is 4.63. The highest BCUT2D eigenvalue weighted by atomic mass is 79.9. The van der Waals surface area contributed by atoms with Crippen LogP contribution in [0.25, 0.3) is 0 Å². The molecule has 0 N–H and O–H groups in total. The average molecular weight is 223 g/mol. The smallest absolute Gasteiger partial charge is 0.288 e. The third kappa shape index (κ3) is 1.22. The molecule has 0 atom stereocenters. The van der Waals surface area contributed by atoms with Crippen molar-refractivity contribution in [2.75, 3.05) is 0 Å². The molecule has 1 aromatic heterocycles. The van der Waals surface area contributed by atoms with Crippen molar-refractivity contribution < 1.29 is 0 Å². The molecule has 0 amide bonds. The van der Waals surface area contributed by atoms with Gasteiger partial charge in [-0.2, -0.15) is 4.98 Å². The second kappa shape index (κ2) is 2.72. The van der Waals surface area contributed by atoms with Gasteiger partial charge in [0.15, 0.2) is 0 Å². The van der Waals surface area contributed by atoms with Crippen LogP contribution in [0.5, 0.6) is 0 Å². The number of aromatic nitrogens is 2. The molecule has 10 heavy (non-hydrogen) atoms. The molecule has 0 spiro atoms. The molecule has 0 saturated heterocycles. The number of nitrogens with zero attached hydrogens (tertiary/aromatic N) is 2. The third-order valence-corrected chi connectivity index (χ3v) is 2.43. The zero-order valence-corrected chi connectivity index (χ0v) is 7.48. The van der Waals surface area contributed by atoms with Gasteiger partial charge in [-0.3, -0.25) is 4.79 Å². The van der Waals surface area contributed by atoms with Crippen molar-refractivity contribution in [3.05, 3.63) is 26.3 Å². The summed E-state index contributed by atoms with van der Waals surface area (Å²) < 4.78 is 1.85. The van der Waals surface area contributed by atoms with Crippen LogP contribution in [0.1, 0.15) is 0 Å². The summed E-state index contributed by atoms with van der Waals surface area (Å²) in [4.78, 5) is 14.3. The van der Waals surface area contributed by atoms with Crippen LogP contribution in [-0.2, 0) is 7.05 Å². The predicted octanol–water partition coefficient (Wildman–Crippen LogP) is 1.20. The van der Waals surface area contributed by atoms with Crippen molar-refractivity contribution >= 4 is 27.5 Å². The molecule has 0 bridgehead atoms. The fourth-order valence-corrected chi connectivity index (χ4v) is 0.996. The van der Waals surface area contributed by atoms with Gasteiger partial charge >= 0.3 is 0 Å². The molecule has 54 valence electrons. The molecule has 1 heterocycles. The zero-order valence-electron chi connectivity index (χ0n) is 5.14. The molecule has 0 aromatic carbocycles. The molecular weight excluding hydrogens is 219 g/mol. The Kier molecular flexibility index (Phi) is 2.11. The van der Waals surface area contributed by atoms with E-state index < -0.39 is 0 Å². The first kappa shape index (κ1) is 7.75. The Morgan fingerprint density at radius 1 is 1.80 bits per heavy atom. The minimum absolute atomic E-state index is 0.305. The van der Waals surface area contributed by atoms with Gasteiger partial charge in [0.1, 0.15) is 9.63 Å². The van der Waals surface area contributed by atoms with Crippen LogP contribution < -0.4 is 5.56 Å². The van der Waals surface area contributed by atoms with Crippen molar-refractivity contribution in [1.29, 1.82) is 0 Å². The summed E-state index contributed by atoms with van der Waals surface area (Å²) in [5.74, 6) is 0.